The van der Waals surface area contributed by atoms with E-state index >= 15 is 0 Å². The topological polar surface area (TPSA) is 20.3 Å². The van der Waals surface area contributed by atoms with Crippen LogP contribution in [0.4, 0.5) is 0 Å². The Morgan fingerprint density at radius 1 is 1.11 bits per heavy atom. The minimum Gasteiger partial charge on any atom is -0.296 e. The van der Waals surface area contributed by atoms with Gasteiger partial charge in [0.2, 0.25) is 0 Å². The molecule has 0 radical (unpaired) electrons. The summed E-state index contributed by atoms with van der Waals surface area (Å²) >= 11 is 0. The highest BCUT2D eigenvalue weighted by Crippen LogP contribution is 2.22. The highest BCUT2D eigenvalue weighted by molar-refractivity contribution is 5.97. The second kappa shape index (κ2) is 6.14. The van der Waals surface area contributed by atoms with Gasteiger partial charge in [-0.1, -0.05) is 26.0 Å². The van der Waals surface area contributed by atoms with Gasteiger partial charge in [-0.15, -0.1) is 0 Å². The molecule has 0 saturated heterocycles. The van der Waals surface area contributed by atoms with Crippen LogP contribution in [0.2, 0.25) is 0 Å². The Morgan fingerprint density at radius 2 is 1.78 bits per heavy atom. The van der Waals surface area contributed by atoms with Crippen molar-refractivity contribution in [3.8, 4) is 0 Å². The molecule has 0 aliphatic heterocycles. The summed E-state index contributed by atoms with van der Waals surface area (Å²) in [5.74, 6) is 0.257. The molecule has 1 aliphatic carbocycles. The van der Waals surface area contributed by atoms with Crippen LogP contribution in [0, 0.1) is 0 Å². The number of aryl methyl sites for hydroxylation is 2. The number of likely N-dealkylation sites (N-methyl/N-ethyl adjacent to an activating group) is 1. The lowest BCUT2D eigenvalue weighted by atomic mass is 9.90. The van der Waals surface area contributed by atoms with Crippen LogP contribution in [0.3, 0.4) is 0 Å². The third-order valence-corrected chi connectivity index (χ3v) is 3.93. The lowest BCUT2D eigenvalue weighted by molar-refractivity contribution is 0.0937. The van der Waals surface area contributed by atoms with Crippen LogP contribution in [-0.4, -0.2) is 30.3 Å². The van der Waals surface area contributed by atoms with Gasteiger partial charge in [-0.2, -0.15) is 0 Å². The van der Waals surface area contributed by atoms with Crippen molar-refractivity contribution in [1.82, 2.24) is 4.90 Å². The van der Waals surface area contributed by atoms with Crippen molar-refractivity contribution in [2.75, 3.05) is 19.6 Å². The number of ketones is 1. The molecule has 0 atom stereocenters. The fourth-order valence-corrected chi connectivity index (χ4v) is 2.65. The molecule has 0 spiro atoms. The summed E-state index contributed by atoms with van der Waals surface area (Å²) in [6, 6.07) is 6.29. The van der Waals surface area contributed by atoms with E-state index in [1.165, 1.54) is 30.4 Å². The van der Waals surface area contributed by atoms with Crippen molar-refractivity contribution in [2.45, 2.75) is 39.5 Å². The van der Waals surface area contributed by atoms with Gasteiger partial charge in [0.05, 0.1) is 6.54 Å². The zero-order valence-electron chi connectivity index (χ0n) is 11.5. The fourth-order valence-electron chi connectivity index (χ4n) is 2.65. The highest BCUT2D eigenvalue weighted by atomic mass is 16.1. The van der Waals surface area contributed by atoms with Crippen molar-refractivity contribution in [3.63, 3.8) is 0 Å². The number of rotatable bonds is 5. The average Bonchev–Trinajstić information content (AvgIpc) is 2.44. The van der Waals surface area contributed by atoms with E-state index in [0.29, 0.717) is 6.54 Å². The maximum Gasteiger partial charge on any atom is 0.176 e. The minimum absolute atomic E-state index is 0.257. The molecule has 2 heteroatoms. The van der Waals surface area contributed by atoms with Crippen LogP contribution in [0.25, 0.3) is 0 Å². The Kier molecular flexibility index (Phi) is 4.54. The molecule has 98 valence electrons. The number of fused-ring (bicyclic) bond motifs is 1. The van der Waals surface area contributed by atoms with Gasteiger partial charge in [-0.3, -0.25) is 9.69 Å². The Hall–Kier alpha value is -1.15. The molecule has 2 rings (SSSR count). The van der Waals surface area contributed by atoms with E-state index in [2.05, 4.69) is 30.9 Å². The van der Waals surface area contributed by atoms with E-state index in [4.69, 9.17) is 0 Å². The molecule has 0 amide bonds. The number of hydrogen-bond donors (Lipinski definition) is 0. The predicted octanol–water partition coefficient (Wildman–Crippen LogP) is 3.09. The van der Waals surface area contributed by atoms with Gasteiger partial charge in [0.25, 0.3) is 0 Å². The smallest absolute Gasteiger partial charge is 0.176 e. The van der Waals surface area contributed by atoms with Crippen molar-refractivity contribution in [1.29, 1.82) is 0 Å². The van der Waals surface area contributed by atoms with Crippen molar-refractivity contribution in [3.05, 3.63) is 34.9 Å². The maximum atomic E-state index is 12.2. The van der Waals surface area contributed by atoms with Crippen LogP contribution >= 0.6 is 0 Å². The fraction of sp³-hybridized carbons (Fsp3) is 0.562. The molecule has 18 heavy (non-hydrogen) atoms. The summed E-state index contributed by atoms with van der Waals surface area (Å²) in [5.41, 5.74) is 3.73. The van der Waals surface area contributed by atoms with Gasteiger partial charge < -0.3 is 0 Å². The first-order valence-corrected chi connectivity index (χ1v) is 7.12. The summed E-state index contributed by atoms with van der Waals surface area (Å²) in [6.45, 7) is 6.62. The van der Waals surface area contributed by atoms with Gasteiger partial charge in [-0.05, 0) is 56.0 Å². The molecule has 0 saturated carbocycles. The van der Waals surface area contributed by atoms with Crippen molar-refractivity contribution in [2.24, 2.45) is 0 Å². The zero-order chi connectivity index (χ0) is 13.0. The number of hydrogen-bond acceptors (Lipinski definition) is 2. The molecule has 0 N–H and O–H groups in total. The molecule has 1 aliphatic rings. The van der Waals surface area contributed by atoms with Crippen LogP contribution in [-0.2, 0) is 12.8 Å². The third-order valence-electron chi connectivity index (χ3n) is 3.93. The van der Waals surface area contributed by atoms with Gasteiger partial charge in [0, 0.05) is 5.56 Å². The summed E-state index contributed by atoms with van der Waals surface area (Å²) in [6.07, 6.45) is 4.88. The van der Waals surface area contributed by atoms with E-state index in [0.717, 1.165) is 25.1 Å². The Bertz CT molecular complexity index is 421. The quantitative estimate of drug-likeness (QED) is 0.743. The van der Waals surface area contributed by atoms with Crippen molar-refractivity contribution < 1.29 is 4.79 Å². The normalized spacial score (nSPS) is 14.6. The first-order chi connectivity index (χ1) is 8.74. The lowest BCUT2D eigenvalue weighted by Gasteiger charge is -2.19. The second-order valence-corrected chi connectivity index (χ2v) is 5.08. The van der Waals surface area contributed by atoms with Gasteiger partial charge in [0.15, 0.2) is 5.78 Å². The Balaban J connectivity index is 2.11. The molecule has 0 unspecified atom stereocenters. The number of carbonyl (C=O) groups excluding carboxylic acids is 1. The highest BCUT2D eigenvalue weighted by Gasteiger charge is 2.14. The van der Waals surface area contributed by atoms with E-state index in [1.54, 1.807) is 0 Å². The van der Waals surface area contributed by atoms with Gasteiger partial charge in [-0.25, -0.2) is 0 Å². The molecule has 0 fully saturated rings. The van der Waals surface area contributed by atoms with Crippen molar-refractivity contribution >= 4 is 5.78 Å². The molecule has 0 bridgehead atoms. The first kappa shape index (κ1) is 13.3. The largest absolute Gasteiger partial charge is 0.296 e. The first-order valence-electron chi connectivity index (χ1n) is 7.12. The number of benzene rings is 1. The van der Waals surface area contributed by atoms with Crippen LogP contribution < -0.4 is 0 Å². The molecule has 0 aromatic heterocycles. The molecule has 1 aromatic carbocycles. The predicted molar refractivity (Wildman–Crippen MR) is 75.2 cm³/mol. The Labute approximate surface area is 110 Å². The average molecular weight is 245 g/mol. The number of Topliss-reactive ketones (excluding diaryl/α,β-unsaturated/α-hetero) is 1. The molecule has 2 nitrogen and oxygen atoms in total. The maximum absolute atomic E-state index is 12.2. The summed E-state index contributed by atoms with van der Waals surface area (Å²) < 4.78 is 0. The molecular weight excluding hydrogens is 222 g/mol. The third kappa shape index (κ3) is 2.99. The van der Waals surface area contributed by atoms with E-state index in [-0.39, 0.29) is 5.78 Å². The molecular formula is C16H23NO. The number of nitrogens with zero attached hydrogens (tertiary/aromatic N) is 1. The second-order valence-electron chi connectivity index (χ2n) is 5.08. The minimum atomic E-state index is 0.257. The van der Waals surface area contributed by atoms with E-state index < -0.39 is 0 Å². The zero-order valence-corrected chi connectivity index (χ0v) is 11.5. The number of carbonyl (C=O) groups is 1. The molecule has 0 heterocycles. The van der Waals surface area contributed by atoms with Crippen LogP contribution in [0.1, 0.15) is 48.2 Å². The Morgan fingerprint density at radius 3 is 2.44 bits per heavy atom. The van der Waals surface area contributed by atoms with E-state index in [1.807, 2.05) is 6.07 Å². The summed E-state index contributed by atoms with van der Waals surface area (Å²) in [5, 5.41) is 0. The van der Waals surface area contributed by atoms with Crippen LogP contribution in [0.5, 0.6) is 0 Å². The lowest BCUT2D eigenvalue weighted by Crippen LogP contribution is -2.29. The van der Waals surface area contributed by atoms with Gasteiger partial charge >= 0.3 is 0 Å². The molecule has 1 aromatic rings. The summed E-state index contributed by atoms with van der Waals surface area (Å²) in [7, 11) is 0. The SMILES string of the molecule is CCN(CC)CC(=O)c1ccc2c(c1)CCCC2. The summed E-state index contributed by atoms with van der Waals surface area (Å²) in [4.78, 5) is 14.4. The van der Waals surface area contributed by atoms with E-state index in [9.17, 15) is 4.79 Å². The van der Waals surface area contributed by atoms with Gasteiger partial charge in [0.1, 0.15) is 0 Å². The monoisotopic (exact) mass is 245 g/mol. The standard InChI is InChI=1S/C16H23NO/c1-3-17(4-2)12-16(18)15-10-9-13-7-5-6-8-14(13)11-15/h9-11H,3-8,12H2,1-2H3. The van der Waals surface area contributed by atoms with Crippen LogP contribution in [0.15, 0.2) is 18.2 Å².